The van der Waals surface area contributed by atoms with E-state index in [9.17, 15) is 0 Å². The van der Waals surface area contributed by atoms with Crippen LogP contribution < -0.4 is 4.74 Å². The van der Waals surface area contributed by atoms with Gasteiger partial charge in [-0.3, -0.25) is 0 Å². The first-order chi connectivity index (χ1) is 9.51. The van der Waals surface area contributed by atoms with Gasteiger partial charge >= 0.3 is 0 Å². The van der Waals surface area contributed by atoms with E-state index in [1.165, 1.54) is 16.0 Å². The van der Waals surface area contributed by atoms with Crippen molar-refractivity contribution in [3.05, 3.63) is 44.9 Å². The third-order valence-corrected chi connectivity index (χ3v) is 4.88. The zero-order chi connectivity index (χ0) is 14.7. The average molecular weight is 307 g/mol. The summed E-state index contributed by atoms with van der Waals surface area (Å²) in [5, 5.41) is 1.02. The smallest absolute Gasteiger partial charge is 0.140 e. The van der Waals surface area contributed by atoms with Crippen LogP contribution in [0.2, 0.25) is 0 Å². The van der Waals surface area contributed by atoms with Gasteiger partial charge < -0.3 is 4.74 Å². The van der Waals surface area contributed by atoms with Crippen LogP contribution in [0.1, 0.15) is 46.5 Å². The van der Waals surface area contributed by atoms with Gasteiger partial charge in [-0.05, 0) is 43.0 Å². The van der Waals surface area contributed by atoms with E-state index in [4.69, 9.17) is 4.74 Å². The van der Waals surface area contributed by atoms with Gasteiger partial charge in [0.15, 0.2) is 0 Å². The lowest BCUT2D eigenvalue weighted by atomic mass is 10.1. The van der Waals surface area contributed by atoms with Crippen molar-refractivity contribution in [1.82, 2.24) is 4.98 Å². The van der Waals surface area contributed by atoms with Gasteiger partial charge in [0.2, 0.25) is 0 Å². The Hall–Kier alpha value is -1.00. The lowest BCUT2D eigenvalue weighted by Gasteiger charge is -2.06. The van der Waals surface area contributed by atoms with Crippen LogP contribution in [-0.4, -0.2) is 4.98 Å². The maximum Gasteiger partial charge on any atom is 0.140 e. The fourth-order valence-electron chi connectivity index (χ4n) is 1.99. The van der Waals surface area contributed by atoms with Gasteiger partial charge in [0, 0.05) is 10.6 Å². The van der Waals surface area contributed by atoms with Crippen LogP contribution in [0.15, 0.2) is 18.2 Å². The maximum absolute atomic E-state index is 5.84. The lowest BCUT2D eigenvalue weighted by molar-refractivity contribution is 0.305. The summed E-state index contributed by atoms with van der Waals surface area (Å²) in [6.07, 6.45) is 0. The highest BCUT2D eigenvalue weighted by molar-refractivity contribution is 7.79. The molecule has 0 saturated heterocycles. The fourth-order valence-corrected chi connectivity index (χ4v) is 3.34. The Morgan fingerprint density at radius 2 is 2.00 bits per heavy atom. The molecule has 0 bridgehead atoms. The minimum Gasteiger partial charge on any atom is -0.486 e. The van der Waals surface area contributed by atoms with Crippen LogP contribution >= 0.6 is 24.0 Å². The number of hydrogen-bond donors (Lipinski definition) is 1. The zero-order valence-corrected chi connectivity index (χ0v) is 14.1. The molecule has 0 atom stereocenters. The van der Waals surface area contributed by atoms with Crippen molar-refractivity contribution < 1.29 is 4.74 Å². The average Bonchev–Trinajstić information content (AvgIpc) is 2.84. The predicted molar refractivity (Wildman–Crippen MR) is 89.1 cm³/mol. The van der Waals surface area contributed by atoms with E-state index in [1.54, 1.807) is 11.3 Å². The second-order valence-corrected chi connectivity index (χ2v) is 6.75. The fraction of sp³-hybridized carbons (Fsp3) is 0.438. The first-order valence-electron chi connectivity index (χ1n) is 6.80. The molecule has 2 aromatic rings. The molecule has 4 heteroatoms. The van der Waals surface area contributed by atoms with Crippen LogP contribution in [0.3, 0.4) is 0 Å². The largest absolute Gasteiger partial charge is 0.486 e. The SMILES string of the molecule is Cc1ccc(OCc2nc(C(C)C)c(CS)s2)cc1C. The second kappa shape index (κ2) is 6.64. The Balaban J connectivity index is 2.08. The van der Waals surface area contributed by atoms with Crippen LogP contribution in [0.5, 0.6) is 5.75 Å². The van der Waals surface area contributed by atoms with Gasteiger partial charge in [-0.25, -0.2) is 4.98 Å². The lowest BCUT2D eigenvalue weighted by Crippen LogP contribution is -1.97. The number of aromatic nitrogens is 1. The molecule has 0 N–H and O–H groups in total. The predicted octanol–water partition coefficient (Wildman–Crippen LogP) is 4.89. The van der Waals surface area contributed by atoms with E-state index in [2.05, 4.69) is 57.4 Å². The summed E-state index contributed by atoms with van der Waals surface area (Å²) >= 11 is 6.08. The van der Waals surface area contributed by atoms with E-state index in [1.807, 2.05) is 6.07 Å². The van der Waals surface area contributed by atoms with Crippen molar-refractivity contribution in [2.45, 2.75) is 46.0 Å². The zero-order valence-electron chi connectivity index (χ0n) is 12.4. The van der Waals surface area contributed by atoms with Crippen molar-refractivity contribution in [1.29, 1.82) is 0 Å². The number of benzene rings is 1. The number of thiol groups is 1. The summed E-state index contributed by atoms with van der Waals surface area (Å²) in [5.41, 5.74) is 3.69. The Morgan fingerprint density at radius 3 is 2.55 bits per heavy atom. The highest BCUT2D eigenvalue weighted by atomic mass is 32.1. The molecule has 20 heavy (non-hydrogen) atoms. The molecule has 0 aliphatic carbocycles. The standard InChI is InChI=1S/C16H21NOS2/c1-10(2)16-14(9-19)20-15(17-16)8-18-13-6-5-11(3)12(4)7-13/h5-7,10,19H,8-9H2,1-4H3. The molecular weight excluding hydrogens is 286 g/mol. The molecule has 1 heterocycles. The monoisotopic (exact) mass is 307 g/mol. The molecule has 2 nitrogen and oxygen atoms in total. The van der Waals surface area contributed by atoms with Crippen LogP contribution in [-0.2, 0) is 12.4 Å². The first kappa shape index (κ1) is 15.4. The summed E-state index contributed by atoms with van der Waals surface area (Å²) in [5.74, 6) is 2.08. The Kier molecular flexibility index (Phi) is 5.11. The molecule has 0 spiro atoms. The van der Waals surface area contributed by atoms with Gasteiger partial charge in [-0.1, -0.05) is 19.9 Å². The molecule has 0 unspecified atom stereocenters. The highest BCUT2D eigenvalue weighted by Crippen LogP contribution is 2.27. The van der Waals surface area contributed by atoms with Crippen LogP contribution in [0.4, 0.5) is 0 Å². The molecule has 1 aromatic carbocycles. The number of nitrogens with zero attached hydrogens (tertiary/aromatic N) is 1. The molecule has 1 aromatic heterocycles. The van der Waals surface area contributed by atoms with Crippen molar-refractivity contribution in [3.8, 4) is 5.75 Å². The number of aryl methyl sites for hydroxylation is 2. The van der Waals surface area contributed by atoms with Crippen molar-refractivity contribution in [2.75, 3.05) is 0 Å². The minimum absolute atomic E-state index is 0.434. The van der Waals surface area contributed by atoms with E-state index in [0.717, 1.165) is 22.2 Å². The van der Waals surface area contributed by atoms with E-state index in [0.29, 0.717) is 12.5 Å². The van der Waals surface area contributed by atoms with Gasteiger partial charge in [0.05, 0.1) is 5.69 Å². The molecule has 0 aliphatic rings. The Labute approximate surface area is 130 Å². The quantitative estimate of drug-likeness (QED) is 0.794. The Bertz CT molecular complexity index is 590. The molecule has 0 fully saturated rings. The number of rotatable bonds is 5. The van der Waals surface area contributed by atoms with Gasteiger partial charge in [-0.2, -0.15) is 12.6 Å². The molecule has 0 amide bonds. The van der Waals surface area contributed by atoms with Crippen molar-refractivity contribution >= 4 is 24.0 Å². The molecule has 0 saturated carbocycles. The maximum atomic E-state index is 5.84. The summed E-state index contributed by atoms with van der Waals surface area (Å²) in [7, 11) is 0. The van der Waals surface area contributed by atoms with Crippen molar-refractivity contribution in [2.24, 2.45) is 0 Å². The summed E-state index contributed by atoms with van der Waals surface area (Å²) < 4.78 is 5.84. The van der Waals surface area contributed by atoms with Gasteiger partial charge in [0.1, 0.15) is 17.4 Å². The normalized spacial score (nSPS) is 11.1. The van der Waals surface area contributed by atoms with Crippen LogP contribution in [0, 0.1) is 13.8 Å². The summed E-state index contributed by atoms with van der Waals surface area (Å²) in [4.78, 5) is 5.93. The van der Waals surface area contributed by atoms with E-state index < -0.39 is 0 Å². The first-order valence-corrected chi connectivity index (χ1v) is 8.25. The third-order valence-electron chi connectivity index (χ3n) is 3.30. The van der Waals surface area contributed by atoms with Crippen molar-refractivity contribution in [3.63, 3.8) is 0 Å². The van der Waals surface area contributed by atoms with Gasteiger partial charge in [-0.15, -0.1) is 11.3 Å². The number of hydrogen-bond acceptors (Lipinski definition) is 4. The van der Waals surface area contributed by atoms with E-state index in [-0.39, 0.29) is 0 Å². The third kappa shape index (κ3) is 3.55. The number of ether oxygens (including phenoxy) is 1. The highest BCUT2D eigenvalue weighted by Gasteiger charge is 2.13. The molecule has 0 aliphatic heterocycles. The summed E-state index contributed by atoms with van der Waals surface area (Å²) in [6.45, 7) is 9.06. The molecular formula is C16H21NOS2. The number of thiazole rings is 1. The molecule has 108 valence electrons. The topological polar surface area (TPSA) is 22.1 Å². The van der Waals surface area contributed by atoms with Crippen LogP contribution in [0.25, 0.3) is 0 Å². The van der Waals surface area contributed by atoms with Gasteiger partial charge in [0.25, 0.3) is 0 Å². The summed E-state index contributed by atoms with van der Waals surface area (Å²) in [6, 6.07) is 6.18. The van der Waals surface area contributed by atoms with E-state index >= 15 is 0 Å². The Morgan fingerprint density at radius 1 is 1.25 bits per heavy atom. The molecule has 0 radical (unpaired) electrons. The second-order valence-electron chi connectivity index (χ2n) is 5.26. The minimum atomic E-state index is 0.434. The molecule has 2 rings (SSSR count).